The van der Waals surface area contributed by atoms with Gasteiger partial charge in [-0.1, -0.05) is 16.8 Å². The van der Waals surface area contributed by atoms with Crippen molar-refractivity contribution in [1.82, 2.24) is 20.6 Å². The summed E-state index contributed by atoms with van der Waals surface area (Å²) in [5.74, 6) is 1.46. The van der Waals surface area contributed by atoms with Crippen molar-refractivity contribution in [2.45, 2.75) is 26.2 Å². The summed E-state index contributed by atoms with van der Waals surface area (Å²) in [5.41, 5.74) is 2.41. The maximum atomic E-state index is 6.12. The first-order valence-corrected chi connectivity index (χ1v) is 6.14. The lowest BCUT2D eigenvalue weighted by Gasteiger charge is -2.09. The lowest BCUT2D eigenvalue weighted by molar-refractivity contribution is 0.414. The molecule has 1 N–H and O–H groups in total. The number of aromatic nitrogens is 4. The van der Waals surface area contributed by atoms with Crippen LogP contribution in [-0.4, -0.2) is 27.7 Å². The number of nitrogens with zero attached hydrogens (tertiary/aromatic N) is 3. The summed E-state index contributed by atoms with van der Waals surface area (Å²) < 4.78 is 5.18. The highest BCUT2D eigenvalue weighted by atomic mass is 35.5. The van der Waals surface area contributed by atoms with Gasteiger partial charge in [-0.15, -0.1) is 10.2 Å². The quantitative estimate of drug-likeness (QED) is 0.902. The van der Waals surface area contributed by atoms with E-state index in [4.69, 9.17) is 16.3 Å². The molecule has 0 unspecified atom stereocenters. The van der Waals surface area contributed by atoms with Crippen molar-refractivity contribution in [1.29, 1.82) is 0 Å². The van der Waals surface area contributed by atoms with Gasteiger partial charge in [-0.3, -0.25) is 0 Å². The first-order valence-electron chi connectivity index (χ1n) is 5.76. The van der Waals surface area contributed by atoms with Gasteiger partial charge in [-0.2, -0.15) is 5.21 Å². The molecule has 0 saturated carbocycles. The first kappa shape index (κ1) is 12.8. The van der Waals surface area contributed by atoms with Gasteiger partial charge in [0.05, 0.1) is 12.1 Å². The Labute approximate surface area is 111 Å². The van der Waals surface area contributed by atoms with Gasteiger partial charge >= 0.3 is 0 Å². The summed E-state index contributed by atoms with van der Waals surface area (Å²) in [5, 5.41) is 14.5. The van der Waals surface area contributed by atoms with Gasteiger partial charge in [0.15, 0.2) is 5.82 Å². The lowest BCUT2D eigenvalue weighted by Crippen LogP contribution is -1.96. The molecule has 0 aliphatic rings. The second-order valence-corrected chi connectivity index (χ2v) is 4.50. The van der Waals surface area contributed by atoms with E-state index >= 15 is 0 Å². The van der Waals surface area contributed by atoms with Crippen molar-refractivity contribution in [3.05, 3.63) is 34.1 Å². The molecule has 0 fully saturated rings. The minimum absolute atomic E-state index is 0.651. The third-order valence-corrected chi connectivity index (χ3v) is 3.14. The van der Waals surface area contributed by atoms with E-state index in [2.05, 4.69) is 27.5 Å². The molecule has 2 aromatic rings. The molecule has 18 heavy (non-hydrogen) atoms. The molecule has 0 aliphatic heterocycles. The van der Waals surface area contributed by atoms with Crippen LogP contribution in [0.5, 0.6) is 5.75 Å². The molecular formula is C12H15ClN4O. The second kappa shape index (κ2) is 5.82. The number of rotatable bonds is 5. The van der Waals surface area contributed by atoms with E-state index in [0.29, 0.717) is 5.02 Å². The molecule has 0 atom stereocenters. The smallest absolute Gasteiger partial charge is 0.174 e. The Bertz CT molecular complexity index is 513. The molecule has 0 amide bonds. The Kier molecular flexibility index (Phi) is 4.15. The maximum Gasteiger partial charge on any atom is 0.174 e. The normalized spacial score (nSPS) is 10.6. The Balaban J connectivity index is 1.99. The van der Waals surface area contributed by atoms with Crippen LogP contribution in [0.1, 0.15) is 23.4 Å². The van der Waals surface area contributed by atoms with E-state index in [0.717, 1.165) is 30.8 Å². The number of hydrogen-bond acceptors (Lipinski definition) is 4. The third kappa shape index (κ3) is 2.98. The summed E-state index contributed by atoms with van der Waals surface area (Å²) >= 11 is 6.12. The molecule has 6 heteroatoms. The fraction of sp³-hybridized carbons (Fsp3) is 0.417. The Morgan fingerprint density at radius 2 is 2.17 bits per heavy atom. The molecular weight excluding hydrogens is 252 g/mol. The number of nitrogens with one attached hydrogen (secondary N) is 1. The van der Waals surface area contributed by atoms with Crippen molar-refractivity contribution in [2.24, 2.45) is 0 Å². The molecule has 2 rings (SSSR count). The first-order chi connectivity index (χ1) is 8.70. The van der Waals surface area contributed by atoms with Gasteiger partial charge in [0, 0.05) is 6.42 Å². The van der Waals surface area contributed by atoms with Crippen molar-refractivity contribution >= 4 is 11.6 Å². The van der Waals surface area contributed by atoms with Gasteiger partial charge in [0.25, 0.3) is 0 Å². The number of tetrazole rings is 1. The van der Waals surface area contributed by atoms with Crippen LogP contribution in [0.4, 0.5) is 0 Å². The number of aromatic amines is 1. The summed E-state index contributed by atoms with van der Waals surface area (Å²) in [7, 11) is 1.62. The van der Waals surface area contributed by atoms with Gasteiger partial charge in [0.2, 0.25) is 0 Å². The lowest BCUT2D eigenvalue weighted by atomic mass is 10.0. The highest BCUT2D eigenvalue weighted by Gasteiger charge is 2.07. The molecule has 1 heterocycles. The van der Waals surface area contributed by atoms with Crippen molar-refractivity contribution in [3.8, 4) is 5.75 Å². The van der Waals surface area contributed by atoms with Gasteiger partial charge in [-0.25, -0.2) is 0 Å². The average Bonchev–Trinajstić information content (AvgIpc) is 2.86. The summed E-state index contributed by atoms with van der Waals surface area (Å²) in [4.78, 5) is 0. The van der Waals surface area contributed by atoms with E-state index in [-0.39, 0.29) is 0 Å². The highest BCUT2D eigenvalue weighted by molar-refractivity contribution is 6.32. The number of aryl methyl sites for hydroxylation is 3. The zero-order valence-corrected chi connectivity index (χ0v) is 11.2. The van der Waals surface area contributed by atoms with Crippen molar-refractivity contribution < 1.29 is 4.74 Å². The van der Waals surface area contributed by atoms with Crippen LogP contribution in [0.25, 0.3) is 0 Å². The maximum absolute atomic E-state index is 6.12. The van der Waals surface area contributed by atoms with E-state index < -0.39 is 0 Å². The molecule has 0 radical (unpaired) electrons. The summed E-state index contributed by atoms with van der Waals surface area (Å²) in [6.45, 7) is 2.06. The number of methoxy groups -OCH3 is 1. The van der Waals surface area contributed by atoms with Crippen LogP contribution in [-0.2, 0) is 12.8 Å². The number of H-pyrrole nitrogens is 1. The number of hydrogen-bond donors (Lipinski definition) is 1. The van der Waals surface area contributed by atoms with Crippen LogP contribution in [0.3, 0.4) is 0 Å². The zero-order chi connectivity index (χ0) is 13.0. The number of benzene rings is 1. The van der Waals surface area contributed by atoms with Crippen LogP contribution in [0, 0.1) is 6.92 Å². The molecule has 96 valence electrons. The van der Waals surface area contributed by atoms with Crippen LogP contribution in [0.15, 0.2) is 12.1 Å². The summed E-state index contributed by atoms with van der Waals surface area (Å²) in [6.07, 6.45) is 2.70. The topological polar surface area (TPSA) is 63.7 Å². The van der Waals surface area contributed by atoms with Crippen molar-refractivity contribution in [2.75, 3.05) is 7.11 Å². The largest absolute Gasteiger partial charge is 0.495 e. The van der Waals surface area contributed by atoms with E-state index in [1.54, 1.807) is 7.11 Å². The van der Waals surface area contributed by atoms with Crippen LogP contribution >= 0.6 is 11.6 Å². The fourth-order valence-electron chi connectivity index (χ4n) is 1.85. The van der Waals surface area contributed by atoms with Gasteiger partial charge in [0.1, 0.15) is 5.75 Å². The predicted molar refractivity (Wildman–Crippen MR) is 68.9 cm³/mol. The number of halogens is 1. The Morgan fingerprint density at radius 1 is 1.33 bits per heavy atom. The molecule has 1 aromatic carbocycles. The highest BCUT2D eigenvalue weighted by Crippen LogP contribution is 2.28. The molecule has 0 bridgehead atoms. The zero-order valence-electron chi connectivity index (χ0n) is 10.4. The summed E-state index contributed by atoms with van der Waals surface area (Å²) in [6, 6.07) is 3.93. The minimum atomic E-state index is 0.651. The molecule has 1 aromatic heterocycles. The van der Waals surface area contributed by atoms with Gasteiger partial charge in [-0.05, 0) is 43.0 Å². The second-order valence-electron chi connectivity index (χ2n) is 4.09. The van der Waals surface area contributed by atoms with E-state index in [1.807, 2.05) is 12.1 Å². The molecule has 0 saturated heterocycles. The Hall–Kier alpha value is -1.62. The van der Waals surface area contributed by atoms with E-state index in [9.17, 15) is 0 Å². The Morgan fingerprint density at radius 3 is 2.83 bits per heavy atom. The predicted octanol–water partition coefficient (Wildman–Crippen LogP) is 2.35. The van der Waals surface area contributed by atoms with Crippen LogP contribution in [0.2, 0.25) is 5.02 Å². The number of ether oxygens (including phenoxy) is 1. The molecule has 0 aliphatic carbocycles. The monoisotopic (exact) mass is 266 g/mol. The third-order valence-electron chi connectivity index (χ3n) is 2.85. The molecule has 0 spiro atoms. The van der Waals surface area contributed by atoms with Crippen molar-refractivity contribution in [3.63, 3.8) is 0 Å². The minimum Gasteiger partial charge on any atom is -0.495 e. The molecule has 5 nitrogen and oxygen atoms in total. The standard InChI is InChI=1S/C12H15ClN4O/c1-8-6-11(18-2)10(13)7-9(8)4-3-5-12-14-16-17-15-12/h6-7H,3-5H2,1-2H3,(H,14,15,16,17). The van der Waals surface area contributed by atoms with E-state index in [1.165, 1.54) is 11.1 Å². The van der Waals surface area contributed by atoms with Crippen LogP contribution < -0.4 is 4.74 Å². The van der Waals surface area contributed by atoms with Gasteiger partial charge < -0.3 is 4.74 Å². The SMILES string of the molecule is COc1cc(C)c(CCCc2nn[nH]n2)cc1Cl. The fourth-order valence-corrected chi connectivity index (χ4v) is 2.11. The average molecular weight is 267 g/mol.